The van der Waals surface area contributed by atoms with E-state index in [0.717, 1.165) is 6.42 Å². The summed E-state index contributed by atoms with van der Waals surface area (Å²) in [6.45, 7) is 2.63. The maximum atomic E-state index is 12.1. The summed E-state index contributed by atoms with van der Waals surface area (Å²) in [7, 11) is 0. The number of amides is 1. The second kappa shape index (κ2) is 7.44. The lowest BCUT2D eigenvalue weighted by molar-refractivity contribution is -0.122. The molecule has 0 aromatic heterocycles. The summed E-state index contributed by atoms with van der Waals surface area (Å²) in [5.41, 5.74) is 8.28. The zero-order valence-electron chi connectivity index (χ0n) is 12.4. The molecule has 0 aliphatic heterocycles. The van der Waals surface area contributed by atoms with E-state index in [2.05, 4.69) is 30.4 Å². The van der Waals surface area contributed by atoms with E-state index in [-0.39, 0.29) is 11.9 Å². The standard InChI is InChI=1S/C17H26N2O/c1-13-5-4-6-14(11-13)9-10-17(20)19-16(12-18)15-7-2-3-8-15/h4-6,11,15-16H,2-3,7-10,12,18H2,1H3,(H,19,20). The summed E-state index contributed by atoms with van der Waals surface area (Å²) in [6.07, 6.45) is 6.32. The molecule has 1 aliphatic rings. The number of hydrogen-bond donors (Lipinski definition) is 2. The number of nitrogens with one attached hydrogen (secondary N) is 1. The Balaban J connectivity index is 1.79. The van der Waals surface area contributed by atoms with Gasteiger partial charge in [-0.15, -0.1) is 0 Å². The number of carbonyl (C=O) groups is 1. The minimum atomic E-state index is 0.133. The highest BCUT2D eigenvalue weighted by atomic mass is 16.1. The minimum Gasteiger partial charge on any atom is -0.352 e. The number of aryl methyl sites for hydroxylation is 2. The highest BCUT2D eigenvalue weighted by molar-refractivity contribution is 5.76. The maximum Gasteiger partial charge on any atom is 0.220 e. The van der Waals surface area contributed by atoms with Crippen LogP contribution in [-0.2, 0) is 11.2 Å². The van der Waals surface area contributed by atoms with Gasteiger partial charge in [0.25, 0.3) is 0 Å². The molecule has 1 fully saturated rings. The number of rotatable bonds is 6. The summed E-state index contributed by atoms with van der Waals surface area (Å²) in [5, 5.41) is 3.13. The summed E-state index contributed by atoms with van der Waals surface area (Å²) in [6, 6.07) is 8.52. The van der Waals surface area contributed by atoms with Gasteiger partial charge >= 0.3 is 0 Å². The Bertz CT molecular complexity index is 438. The zero-order chi connectivity index (χ0) is 14.4. The molecule has 0 radical (unpaired) electrons. The average molecular weight is 274 g/mol. The van der Waals surface area contributed by atoms with Crippen LogP contribution in [0.5, 0.6) is 0 Å². The highest BCUT2D eigenvalue weighted by Crippen LogP contribution is 2.27. The van der Waals surface area contributed by atoms with Gasteiger partial charge in [-0.05, 0) is 37.7 Å². The van der Waals surface area contributed by atoms with E-state index < -0.39 is 0 Å². The van der Waals surface area contributed by atoms with Crippen LogP contribution in [0.1, 0.15) is 43.2 Å². The van der Waals surface area contributed by atoms with Crippen molar-refractivity contribution in [2.24, 2.45) is 11.7 Å². The Morgan fingerprint density at radius 2 is 2.15 bits per heavy atom. The summed E-state index contributed by atoms with van der Waals surface area (Å²) >= 11 is 0. The fourth-order valence-corrected chi connectivity index (χ4v) is 3.13. The molecular formula is C17H26N2O. The fraction of sp³-hybridized carbons (Fsp3) is 0.588. The summed E-state index contributed by atoms with van der Waals surface area (Å²) in [4.78, 5) is 12.1. The van der Waals surface area contributed by atoms with E-state index >= 15 is 0 Å². The maximum absolute atomic E-state index is 12.1. The highest BCUT2D eigenvalue weighted by Gasteiger charge is 2.24. The average Bonchev–Trinajstić information content (AvgIpc) is 2.96. The lowest BCUT2D eigenvalue weighted by Gasteiger charge is -2.23. The Morgan fingerprint density at radius 1 is 1.40 bits per heavy atom. The molecule has 0 spiro atoms. The van der Waals surface area contributed by atoms with Crippen molar-refractivity contribution in [2.45, 2.75) is 51.5 Å². The molecule has 3 nitrogen and oxygen atoms in total. The summed E-state index contributed by atoms with van der Waals surface area (Å²) < 4.78 is 0. The Morgan fingerprint density at radius 3 is 2.80 bits per heavy atom. The normalized spacial score (nSPS) is 17.1. The van der Waals surface area contributed by atoms with Crippen molar-refractivity contribution in [3.63, 3.8) is 0 Å². The third-order valence-corrected chi connectivity index (χ3v) is 4.29. The Hall–Kier alpha value is -1.35. The molecule has 1 amide bonds. The molecule has 1 unspecified atom stereocenters. The predicted octanol–water partition coefficient (Wildman–Crippen LogP) is 2.56. The van der Waals surface area contributed by atoms with E-state index in [4.69, 9.17) is 5.73 Å². The SMILES string of the molecule is Cc1cccc(CCC(=O)NC(CN)C2CCCC2)c1. The number of benzene rings is 1. The minimum absolute atomic E-state index is 0.133. The third kappa shape index (κ3) is 4.34. The number of hydrogen-bond acceptors (Lipinski definition) is 2. The Kier molecular flexibility index (Phi) is 5.60. The van der Waals surface area contributed by atoms with Crippen molar-refractivity contribution in [1.29, 1.82) is 0 Å². The molecule has 0 heterocycles. The van der Waals surface area contributed by atoms with Gasteiger partial charge in [-0.2, -0.15) is 0 Å². The van der Waals surface area contributed by atoms with E-state index in [1.54, 1.807) is 0 Å². The lowest BCUT2D eigenvalue weighted by atomic mass is 9.98. The van der Waals surface area contributed by atoms with Gasteiger partial charge in [0.1, 0.15) is 0 Å². The van der Waals surface area contributed by atoms with Gasteiger partial charge in [0, 0.05) is 19.0 Å². The van der Waals surface area contributed by atoms with Crippen LogP contribution in [0.15, 0.2) is 24.3 Å². The third-order valence-electron chi connectivity index (χ3n) is 4.29. The predicted molar refractivity (Wildman–Crippen MR) is 82.4 cm³/mol. The van der Waals surface area contributed by atoms with Gasteiger partial charge in [0.05, 0.1) is 0 Å². The molecule has 110 valence electrons. The molecule has 1 aliphatic carbocycles. The van der Waals surface area contributed by atoms with Crippen LogP contribution in [-0.4, -0.2) is 18.5 Å². The monoisotopic (exact) mass is 274 g/mol. The van der Waals surface area contributed by atoms with Crippen LogP contribution in [0.2, 0.25) is 0 Å². The lowest BCUT2D eigenvalue weighted by Crippen LogP contribution is -2.44. The van der Waals surface area contributed by atoms with Gasteiger partial charge in [-0.3, -0.25) is 4.79 Å². The smallest absolute Gasteiger partial charge is 0.220 e. The Labute approximate surface area is 121 Å². The van der Waals surface area contributed by atoms with Crippen LogP contribution in [0.3, 0.4) is 0 Å². The second-order valence-electron chi connectivity index (χ2n) is 5.94. The first-order valence-electron chi connectivity index (χ1n) is 7.74. The van der Waals surface area contributed by atoms with Crippen molar-refractivity contribution in [2.75, 3.05) is 6.54 Å². The van der Waals surface area contributed by atoms with Gasteiger partial charge in [-0.25, -0.2) is 0 Å². The van der Waals surface area contributed by atoms with Crippen LogP contribution in [0.4, 0.5) is 0 Å². The molecule has 3 heteroatoms. The van der Waals surface area contributed by atoms with Crippen LogP contribution in [0.25, 0.3) is 0 Å². The molecule has 0 saturated heterocycles. The first kappa shape index (κ1) is 15.0. The second-order valence-corrected chi connectivity index (χ2v) is 5.94. The quantitative estimate of drug-likeness (QED) is 0.837. The molecule has 1 aromatic rings. The largest absolute Gasteiger partial charge is 0.352 e. The van der Waals surface area contributed by atoms with E-state index in [9.17, 15) is 4.79 Å². The van der Waals surface area contributed by atoms with Gasteiger partial charge in [-0.1, -0.05) is 42.7 Å². The fourth-order valence-electron chi connectivity index (χ4n) is 3.13. The van der Waals surface area contributed by atoms with Gasteiger partial charge in [0.15, 0.2) is 0 Å². The van der Waals surface area contributed by atoms with Crippen molar-refractivity contribution in [1.82, 2.24) is 5.32 Å². The first-order chi connectivity index (χ1) is 9.69. The molecule has 3 N–H and O–H groups in total. The topological polar surface area (TPSA) is 55.1 Å². The molecule has 20 heavy (non-hydrogen) atoms. The van der Waals surface area contributed by atoms with Gasteiger partial charge < -0.3 is 11.1 Å². The van der Waals surface area contributed by atoms with Crippen molar-refractivity contribution >= 4 is 5.91 Å². The zero-order valence-corrected chi connectivity index (χ0v) is 12.4. The number of nitrogens with two attached hydrogens (primary N) is 1. The summed E-state index contributed by atoms with van der Waals surface area (Å²) in [5.74, 6) is 0.719. The van der Waals surface area contributed by atoms with Crippen LogP contribution < -0.4 is 11.1 Å². The van der Waals surface area contributed by atoms with E-state index in [0.29, 0.717) is 18.9 Å². The van der Waals surface area contributed by atoms with Crippen molar-refractivity contribution in [3.05, 3.63) is 35.4 Å². The molecule has 1 atom stereocenters. The molecule has 1 saturated carbocycles. The van der Waals surface area contributed by atoms with Crippen molar-refractivity contribution < 1.29 is 4.79 Å². The number of carbonyl (C=O) groups excluding carboxylic acids is 1. The molecular weight excluding hydrogens is 248 g/mol. The van der Waals surface area contributed by atoms with Gasteiger partial charge in [0.2, 0.25) is 5.91 Å². The molecule has 1 aromatic carbocycles. The van der Waals surface area contributed by atoms with Crippen molar-refractivity contribution in [3.8, 4) is 0 Å². The van der Waals surface area contributed by atoms with Crippen LogP contribution >= 0.6 is 0 Å². The molecule has 0 bridgehead atoms. The van der Waals surface area contributed by atoms with E-state index in [1.165, 1.54) is 36.8 Å². The van der Waals surface area contributed by atoms with Crippen LogP contribution in [0, 0.1) is 12.8 Å². The molecule has 2 rings (SSSR count). The first-order valence-corrected chi connectivity index (χ1v) is 7.74. The van der Waals surface area contributed by atoms with E-state index in [1.807, 2.05) is 6.07 Å².